The van der Waals surface area contributed by atoms with Crippen LogP contribution >= 0.6 is 0 Å². The van der Waals surface area contributed by atoms with Gasteiger partial charge in [-0.3, -0.25) is 0 Å². The van der Waals surface area contributed by atoms with E-state index < -0.39 is 18.2 Å². The zero-order chi connectivity index (χ0) is 14.3. The molecule has 3 N–H and O–H groups in total. The monoisotopic (exact) mass is 267 g/mol. The number of carboxylic acid groups (broad SMARTS) is 1. The number of nitrogens with one attached hydrogen (secondary N) is 1. The Morgan fingerprint density at radius 2 is 2.16 bits per heavy atom. The van der Waals surface area contributed by atoms with Crippen LogP contribution in [-0.2, 0) is 16.1 Å². The second-order valence-electron chi connectivity index (χ2n) is 4.13. The summed E-state index contributed by atoms with van der Waals surface area (Å²) in [7, 11) is 0. The number of hydrogen-bond acceptors (Lipinski definition) is 4. The van der Waals surface area contributed by atoms with Crippen molar-refractivity contribution in [1.82, 2.24) is 5.32 Å². The first-order valence-corrected chi connectivity index (χ1v) is 5.86. The van der Waals surface area contributed by atoms with E-state index in [4.69, 9.17) is 14.9 Å². The number of aliphatic carboxylic acids is 1. The summed E-state index contributed by atoms with van der Waals surface area (Å²) in [6.07, 6.45) is -2.18. The van der Waals surface area contributed by atoms with Gasteiger partial charge in [-0.05, 0) is 12.5 Å². The van der Waals surface area contributed by atoms with Crippen LogP contribution in [0.1, 0.15) is 17.5 Å². The van der Waals surface area contributed by atoms with Gasteiger partial charge < -0.3 is 20.3 Å². The minimum atomic E-state index is -1.47. The fraction of sp³-hybridized carbons (Fsp3) is 0.385. The van der Waals surface area contributed by atoms with Crippen LogP contribution in [0.5, 0.6) is 0 Å². The van der Waals surface area contributed by atoms with E-state index in [1.807, 2.05) is 31.2 Å². The SMILES string of the molecule is Cc1cccc(COC(=O)NCCC(O)C(=O)O)c1. The molecule has 0 bridgehead atoms. The van der Waals surface area contributed by atoms with Crippen LogP contribution in [0.3, 0.4) is 0 Å². The van der Waals surface area contributed by atoms with Gasteiger partial charge in [-0.1, -0.05) is 29.8 Å². The Kier molecular flexibility index (Phi) is 5.81. The van der Waals surface area contributed by atoms with Gasteiger partial charge in [-0.2, -0.15) is 0 Å². The molecule has 104 valence electrons. The van der Waals surface area contributed by atoms with E-state index in [2.05, 4.69) is 5.32 Å². The average Bonchev–Trinajstić information content (AvgIpc) is 2.36. The number of aliphatic hydroxyl groups is 1. The minimum absolute atomic E-state index is 0.0418. The molecule has 1 aromatic rings. The molecule has 0 aliphatic heterocycles. The number of alkyl carbamates (subject to hydrolysis) is 1. The predicted octanol–water partition coefficient (Wildman–Crippen LogP) is 1.06. The van der Waals surface area contributed by atoms with Crippen molar-refractivity contribution in [2.75, 3.05) is 6.54 Å². The number of amides is 1. The maximum absolute atomic E-state index is 11.3. The van der Waals surface area contributed by atoms with Crippen LogP contribution in [0, 0.1) is 6.92 Å². The molecule has 0 fully saturated rings. The molecular weight excluding hydrogens is 250 g/mol. The fourth-order valence-electron chi connectivity index (χ4n) is 1.44. The molecule has 1 rings (SSSR count). The molecule has 0 radical (unpaired) electrons. The molecule has 1 amide bonds. The standard InChI is InChI=1S/C13H17NO5/c1-9-3-2-4-10(7-9)8-19-13(18)14-6-5-11(15)12(16)17/h2-4,7,11,15H,5-6,8H2,1H3,(H,14,18)(H,16,17). The zero-order valence-corrected chi connectivity index (χ0v) is 10.6. The topological polar surface area (TPSA) is 95.9 Å². The van der Waals surface area contributed by atoms with Crippen molar-refractivity contribution in [2.24, 2.45) is 0 Å². The van der Waals surface area contributed by atoms with Gasteiger partial charge in [0.05, 0.1) is 0 Å². The molecule has 6 heteroatoms. The summed E-state index contributed by atoms with van der Waals surface area (Å²) < 4.78 is 4.95. The molecule has 19 heavy (non-hydrogen) atoms. The van der Waals surface area contributed by atoms with Crippen LogP contribution in [0.25, 0.3) is 0 Å². The molecule has 0 spiro atoms. The van der Waals surface area contributed by atoms with Crippen LogP contribution in [0.2, 0.25) is 0 Å². The van der Waals surface area contributed by atoms with Crippen LogP contribution < -0.4 is 5.32 Å². The lowest BCUT2D eigenvalue weighted by Gasteiger charge is -2.08. The van der Waals surface area contributed by atoms with Gasteiger partial charge in [0.25, 0.3) is 0 Å². The average molecular weight is 267 g/mol. The molecule has 0 saturated carbocycles. The molecule has 0 saturated heterocycles. The number of rotatable bonds is 6. The lowest BCUT2D eigenvalue weighted by molar-refractivity contribution is -0.146. The Bertz CT molecular complexity index is 446. The lowest BCUT2D eigenvalue weighted by Crippen LogP contribution is -2.30. The van der Waals surface area contributed by atoms with Crippen LogP contribution in [-0.4, -0.2) is 34.9 Å². The van der Waals surface area contributed by atoms with E-state index >= 15 is 0 Å². The highest BCUT2D eigenvalue weighted by Gasteiger charge is 2.13. The zero-order valence-electron chi connectivity index (χ0n) is 10.6. The Balaban J connectivity index is 2.23. The molecule has 0 aliphatic rings. The molecule has 6 nitrogen and oxygen atoms in total. The third-order valence-corrected chi connectivity index (χ3v) is 2.42. The van der Waals surface area contributed by atoms with Gasteiger partial charge in [-0.25, -0.2) is 9.59 Å². The van der Waals surface area contributed by atoms with Gasteiger partial charge >= 0.3 is 12.1 Å². The van der Waals surface area contributed by atoms with E-state index in [0.29, 0.717) is 0 Å². The highest BCUT2D eigenvalue weighted by atomic mass is 16.5. The van der Waals surface area contributed by atoms with Crippen molar-refractivity contribution in [3.63, 3.8) is 0 Å². The molecule has 0 heterocycles. The van der Waals surface area contributed by atoms with Crippen molar-refractivity contribution in [3.05, 3.63) is 35.4 Å². The quantitative estimate of drug-likeness (QED) is 0.716. The Hall–Kier alpha value is -2.08. The number of ether oxygens (including phenoxy) is 1. The Morgan fingerprint density at radius 3 is 2.79 bits per heavy atom. The first kappa shape index (κ1) is 15.0. The van der Waals surface area contributed by atoms with Gasteiger partial charge in [0.1, 0.15) is 6.61 Å². The molecule has 1 atom stereocenters. The van der Waals surface area contributed by atoms with E-state index in [1.54, 1.807) is 0 Å². The number of aryl methyl sites for hydroxylation is 1. The van der Waals surface area contributed by atoms with Crippen molar-refractivity contribution in [3.8, 4) is 0 Å². The maximum atomic E-state index is 11.3. The Morgan fingerprint density at radius 1 is 1.42 bits per heavy atom. The number of carbonyl (C=O) groups is 2. The van der Waals surface area contributed by atoms with E-state index in [9.17, 15) is 9.59 Å². The summed E-state index contributed by atoms with van der Waals surface area (Å²) in [6.45, 7) is 2.13. The van der Waals surface area contributed by atoms with Crippen molar-refractivity contribution in [2.45, 2.75) is 26.1 Å². The maximum Gasteiger partial charge on any atom is 0.407 e. The summed E-state index contributed by atoms with van der Waals surface area (Å²) in [6, 6.07) is 7.56. The number of hydrogen-bond donors (Lipinski definition) is 3. The number of benzene rings is 1. The second kappa shape index (κ2) is 7.38. The summed E-state index contributed by atoms with van der Waals surface area (Å²) in [5.41, 5.74) is 1.95. The van der Waals surface area contributed by atoms with Gasteiger partial charge in [0.2, 0.25) is 0 Å². The largest absolute Gasteiger partial charge is 0.479 e. The third-order valence-electron chi connectivity index (χ3n) is 2.42. The number of carboxylic acids is 1. The third kappa shape index (κ3) is 5.87. The molecule has 0 aromatic heterocycles. The highest BCUT2D eigenvalue weighted by molar-refractivity contribution is 5.72. The smallest absolute Gasteiger partial charge is 0.407 e. The first-order chi connectivity index (χ1) is 8.99. The van der Waals surface area contributed by atoms with Gasteiger partial charge in [0.15, 0.2) is 6.10 Å². The normalized spacial score (nSPS) is 11.7. The van der Waals surface area contributed by atoms with Crippen molar-refractivity contribution in [1.29, 1.82) is 0 Å². The molecule has 0 aliphatic carbocycles. The van der Waals surface area contributed by atoms with Crippen molar-refractivity contribution >= 4 is 12.1 Å². The lowest BCUT2D eigenvalue weighted by atomic mass is 10.1. The summed E-state index contributed by atoms with van der Waals surface area (Å²) >= 11 is 0. The number of carbonyl (C=O) groups excluding carboxylic acids is 1. The second-order valence-corrected chi connectivity index (χ2v) is 4.13. The van der Waals surface area contributed by atoms with Crippen LogP contribution in [0.4, 0.5) is 4.79 Å². The highest BCUT2D eigenvalue weighted by Crippen LogP contribution is 2.05. The summed E-state index contributed by atoms with van der Waals surface area (Å²) in [4.78, 5) is 21.6. The van der Waals surface area contributed by atoms with E-state index in [-0.39, 0.29) is 19.6 Å². The molecule has 1 unspecified atom stereocenters. The van der Waals surface area contributed by atoms with Gasteiger partial charge in [0, 0.05) is 13.0 Å². The number of aliphatic hydroxyl groups excluding tert-OH is 1. The van der Waals surface area contributed by atoms with E-state index in [0.717, 1.165) is 11.1 Å². The van der Waals surface area contributed by atoms with E-state index in [1.165, 1.54) is 0 Å². The molecular formula is C13H17NO5. The molecule has 1 aromatic carbocycles. The first-order valence-electron chi connectivity index (χ1n) is 5.86. The minimum Gasteiger partial charge on any atom is -0.479 e. The Labute approximate surface area is 111 Å². The summed E-state index contributed by atoms with van der Waals surface area (Å²) in [5.74, 6) is -1.31. The summed E-state index contributed by atoms with van der Waals surface area (Å²) in [5, 5.41) is 19.8. The fourth-order valence-corrected chi connectivity index (χ4v) is 1.44. The van der Waals surface area contributed by atoms with Crippen LogP contribution in [0.15, 0.2) is 24.3 Å². The van der Waals surface area contributed by atoms with Gasteiger partial charge in [-0.15, -0.1) is 0 Å². The predicted molar refractivity (Wildman–Crippen MR) is 67.6 cm³/mol. The van der Waals surface area contributed by atoms with Crippen molar-refractivity contribution < 1.29 is 24.5 Å².